The molecule has 10 aromatic rings. The Morgan fingerprint density at radius 1 is 0.288 bits per heavy atom. The summed E-state index contributed by atoms with van der Waals surface area (Å²) < 4.78 is 0. The standard InChI is InChI=1S/C58H37N/c1-4-18-36(19-5-1)49-41-24-10-12-26-43(41)50(44-27-13-11-25-42(44)49)38-32-34-40(35-33-38)57-53-52(51(37-20-6-2-7-21-37)56(59-57)39-22-8-3-9-23-39)54-45-28-14-16-30-47(45)58(54)48-31-17-15-29-46(48)55(53)58/h1-35,54-55H. The van der Waals surface area contributed by atoms with Gasteiger partial charge in [0.2, 0.25) is 0 Å². The third kappa shape index (κ3) is 4.32. The van der Waals surface area contributed by atoms with Gasteiger partial charge >= 0.3 is 0 Å². The molecule has 3 aliphatic carbocycles. The molecule has 59 heavy (non-hydrogen) atoms. The summed E-state index contributed by atoms with van der Waals surface area (Å²) in [6, 6.07) is 78.4. The number of nitrogens with zero attached hydrogens (tertiary/aromatic N) is 1. The molecule has 3 aliphatic rings. The van der Waals surface area contributed by atoms with E-state index in [-0.39, 0.29) is 17.3 Å². The minimum Gasteiger partial charge on any atom is -0.247 e. The lowest BCUT2D eigenvalue weighted by atomic mass is 9.43. The normalized spacial score (nSPS) is 17.9. The van der Waals surface area contributed by atoms with Crippen molar-refractivity contribution in [1.82, 2.24) is 4.98 Å². The number of pyridine rings is 1. The number of benzene rings is 9. The van der Waals surface area contributed by atoms with E-state index >= 15 is 0 Å². The molecule has 274 valence electrons. The van der Waals surface area contributed by atoms with Crippen LogP contribution in [-0.4, -0.2) is 4.98 Å². The lowest BCUT2D eigenvalue weighted by Crippen LogP contribution is -2.52. The first-order chi connectivity index (χ1) is 29.3. The maximum absolute atomic E-state index is 5.86. The Hall–Kier alpha value is -7.35. The molecule has 0 radical (unpaired) electrons. The van der Waals surface area contributed by atoms with Crippen molar-refractivity contribution in [2.24, 2.45) is 0 Å². The Morgan fingerprint density at radius 3 is 1.15 bits per heavy atom. The second kappa shape index (κ2) is 12.3. The van der Waals surface area contributed by atoms with Gasteiger partial charge in [-0.1, -0.05) is 212 Å². The van der Waals surface area contributed by atoms with Crippen molar-refractivity contribution >= 4 is 21.5 Å². The summed E-state index contributed by atoms with van der Waals surface area (Å²) in [5.74, 6) is 0.467. The second-order valence-corrected chi connectivity index (χ2v) is 16.4. The third-order valence-electron chi connectivity index (χ3n) is 13.7. The predicted octanol–water partition coefficient (Wildman–Crippen LogP) is 14.6. The molecule has 1 heterocycles. The van der Waals surface area contributed by atoms with Crippen LogP contribution in [0.2, 0.25) is 0 Å². The van der Waals surface area contributed by atoms with Crippen LogP contribution < -0.4 is 0 Å². The first-order valence-corrected chi connectivity index (χ1v) is 20.8. The Balaban J connectivity index is 1.08. The molecular weight excluding hydrogens is 711 g/mol. The molecule has 0 amide bonds. The van der Waals surface area contributed by atoms with Gasteiger partial charge in [0, 0.05) is 33.9 Å². The number of fused-ring (bicyclic) bond motifs is 9. The fourth-order valence-corrected chi connectivity index (χ4v) is 11.6. The van der Waals surface area contributed by atoms with Gasteiger partial charge < -0.3 is 0 Å². The molecule has 0 fully saturated rings. The number of hydrogen-bond acceptors (Lipinski definition) is 1. The van der Waals surface area contributed by atoms with E-state index in [1.54, 1.807) is 0 Å². The lowest BCUT2D eigenvalue weighted by Gasteiger charge is -2.58. The minimum absolute atomic E-state index is 0.0942. The molecule has 13 rings (SSSR count). The maximum Gasteiger partial charge on any atom is 0.0791 e. The van der Waals surface area contributed by atoms with Gasteiger partial charge in [-0.3, -0.25) is 0 Å². The van der Waals surface area contributed by atoms with Crippen molar-refractivity contribution < 1.29 is 0 Å². The lowest BCUT2D eigenvalue weighted by molar-refractivity contribution is 0.333. The van der Waals surface area contributed by atoms with Crippen molar-refractivity contribution in [2.75, 3.05) is 0 Å². The SMILES string of the molecule is c1ccc(-c2nc(-c3ccc(-c4c5ccccc5c(-c5ccccc5)c5ccccc45)cc3)c3c(c2-c2ccccc2)C2c4ccccc4C24c2ccccc2C34)cc1. The molecule has 0 aliphatic heterocycles. The molecule has 0 N–H and O–H groups in total. The first kappa shape index (κ1) is 32.7. The molecule has 1 nitrogen and oxygen atoms in total. The average Bonchev–Trinajstić information content (AvgIpc) is 3.53. The highest BCUT2D eigenvalue weighted by Gasteiger charge is 2.70. The minimum atomic E-state index is -0.0942. The smallest absolute Gasteiger partial charge is 0.0791 e. The van der Waals surface area contributed by atoms with Crippen LogP contribution in [-0.2, 0) is 5.41 Å². The zero-order valence-electron chi connectivity index (χ0n) is 32.3. The number of rotatable bonds is 5. The average molecular weight is 748 g/mol. The van der Waals surface area contributed by atoms with E-state index in [2.05, 4.69) is 212 Å². The van der Waals surface area contributed by atoms with Crippen molar-refractivity contribution in [1.29, 1.82) is 0 Å². The highest BCUT2D eigenvalue weighted by atomic mass is 14.8. The van der Waals surface area contributed by atoms with Gasteiger partial charge in [0.1, 0.15) is 0 Å². The summed E-state index contributed by atoms with van der Waals surface area (Å²) in [5.41, 5.74) is 20.5. The highest BCUT2D eigenvalue weighted by Crippen LogP contribution is 2.79. The zero-order chi connectivity index (χ0) is 38.7. The Labute approximate surface area is 343 Å². The Morgan fingerprint density at radius 2 is 0.644 bits per heavy atom. The van der Waals surface area contributed by atoms with E-state index in [1.165, 1.54) is 88.3 Å². The molecule has 3 atom stereocenters. The van der Waals surface area contributed by atoms with Crippen molar-refractivity contribution in [3.05, 3.63) is 246 Å². The first-order valence-electron chi connectivity index (χ1n) is 20.8. The molecule has 9 aromatic carbocycles. The van der Waals surface area contributed by atoms with Crippen LogP contribution in [0.25, 0.3) is 77.4 Å². The molecule has 0 saturated heterocycles. The van der Waals surface area contributed by atoms with Crippen LogP contribution in [0.15, 0.2) is 212 Å². The van der Waals surface area contributed by atoms with Crippen molar-refractivity contribution in [3.8, 4) is 55.9 Å². The topological polar surface area (TPSA) is 12.9 Å². The third-order valence-corrected chi connectivity index (χ3v) is 13.7. The molecular formula is C58H37N. The van der Waals surface area contributed by atoms with Crippen molar-refractivity contribution in [3.63, 3.8) is 0 Å². The Kier molecular flexibility index (Phi) is 6.83. The molecule has 1 spiro atoms. The van der Waals surface area contributed by atoms with Crippen LogP contribution in [0.5, 0.6) is 0 Å². The van der Waals surface area contributed by atoms with Crippen LogP contribution in [0.1, 0.15) is 45.2 Å². The van der Waals surface area contributed by atoms with Crippen molar-refractivity contribution in [2.45, 2.75) is 17.3 Å². The summed E-state index contributed by atoms with van der Waals surface area (Å²) in [4.78, 5) is 5.86. The van der Waals surface area contributed by atoms with E-state index in [0.29, 0.717) is 0 Å². The highest BCUT2D eigenvalue weighted by molar-refractivity contribution is 6.21. The molecule has 0 bridgehead atoms. The second-order valence-electron chi connectivity index (χ2n) is 16.4. The summed E-state index contributed by atoms with van der Waals surface area (Å²) in [6.07, 6.45) is 0. The summed E-state index contributed by atoms with van der Waals surface area (Å²) in [7, 11) is 0. The summed E-state index contributed by atoms with van der Waals surface area (Å²) >= 11 is 0. The van der Waals surface area contributed by atoms with E-state index in [4.69, 9.17) is 4.98 Å². The molecule has 1 aromatic heterocycles. The number of hydrogen-bond donors (Lipinski definition) is 0. The van der Waals surface area contributed by atoms with Gasteiger partial charge in [-0.15, -0.1) is 0 Å². The van der Waals surface area contributed by atoms with Crippen LogP contribution >= 0.6 is 0 Å². The van der Waals surface area contributed by atoms with Gasteiger partial charge in [-0.2, -0.15) is 0 Å². The number of aromatic nitrogens is 1. The van der Waals surface area contributed by atoms with Gasteiger partial charge in [-0.05, 0) is 82.7 Å². The predicted molar refractivity (Wildman–Crippen MR) is 244 cm³/mol. The fourth-order valence-electron chi connectivity index (χ4n) is 11.6. The van der Waals surface area contributed by atoms with E-state index in [9.17, 15) is 0 Å². The monoisotopic (exact) mass is 747 g/mol. The van der Waals surface area contributed by atoms with Crippen LogP contribution in [0.3, 0.4) is 0 Å². The molecule has 1 heteroatoms. The summed E-state index contributed by atoms with van der Waals surface area (Å²) in [5, 5.41) is 5.06. The van der Waals surface area contributed by atoms with E-state index < -0.39 is 0 Å². The largest absolute Gasteiger partial charge is 0.247 e. The quantitative estimate of drug-likeness (QED) is 0.160. The van der Waals surface area contributed by atoms with Gasteiger partial charge in [0.05, 0.1) is 11.4 Å². The van der Waals surface area contributed by atoms with Crippen LogP contribution in [0.4, 0.5) is 0 Å². The van der Waals surface area contributed by atoms with Crippen LogP contribution in [0, 0.1) is 0 Å². The zero-order valence-corrected chi connectivity index (χ0v) is 32.3. The maximum atomic E-state index is 5.86. The van der Waals surface area contributed by atoms with Gasteiger partial charge in [0.15, 0.2) is 0 Å². The van der Waals surface area contributed by atoms with E-state index in [1.807, 2.05) is 0 Å². The van der Waals surface area contributed by atoms with E-state index in [0.717, 1.165) is 22.5 Å². The Bertz CT molecular complexity index is 3250. The molecule has 3 unspecified atom stereocenters. The van der Waals surface area contributed by atoms with Gasteiger partial charge in [-0.25, -0.2) is 4.98 Å². The summed E-state index contributed by atoms with van der Waals surface area (Å²) in [6.45, 7) is 0. The molecule has 0 saturated carbocycles. The van der Waals surface area contributed by atoms with Gasteiger partial charge in [0.25, 0.3) is 0 Å². The fraction of sp³-hybridized carbons (Fsp3) is 0.0517.